The summed E-state index contributed by atoms with van der Waals surface area (Å²) in [5.41, 5.74) is 7.14. The Morgan fingerprint density at radius 2 is 1.90 bits per heavy atom. The van der Waals surface area contributed by atoms with Crippen molar-refractivity contribution in [2.24, 2.45) is 0 Å². The molecule has 1 aliphatic rings. The summed E-state index contributed by atoms with van der Waals surface area (Å²) in [6, 6.07) is 12.2. The van der Waals surface area contributed by atoms with E-state index in [9.17, 15) is 8.42 Å². The minimum atomic E-state index is -3.19. The molecular weight excluding hydrogens is 410 g/mol. The molecule has 0 radical (unpaired) electrons. The Morgan fingerprint density at radius 3 is 2.58 bits per heavy atom. The fourth-order valence-electron chi connectivity index (χ4n) is 3.81. The summed E-state index contributed by atoms with van der Waals surface area (Å²) in [6.07, 6.45) is 5.52. The lowest BCUT2D eigenvalue weighted by Gasteiger charge is -2.28. The predicted molar refractivity (Wildman–Crippen MR) is 125 cm³/mol. The molecule has 0 saturated heterocycles. The third-order valence-electron chi connectivity index (χ3n) is 5.59. The average molecular weight is 438 g/mol. The molecule has 7 nitrogen and oxygen atoms in total. The van der Waals surface area contributed by atoms with Crippen LogP contribution in [0, 0.1) is 6.92 Å². The van der Waals surface area contributed by atoms with Gasteiger partial charge in [-0.15, -0.1) is 0 Å². The van der Waals surface area contributed by atoms with E-state index in [0.717, 1.165) is 39.6 Å². The van der Waals surface area contributed by atoms with Crippen molar-refractivity contribution in [1.29, 1.82) is 0 Å². The first kappa shape index (κ1) is 21.3. The fraction of sp³-hybridized carbons (Fsp3) is 0.304. The highest BCUT2D eigenvalue weighted by molar-refractivity contribution is 7.88. The van der Waals surface area contributed by atoms with E-state index in [2.05, 4.69) is 34.3 Å². The van der Waals surface area contributed by atoms with Crippen molar-refractivity contribution in [3.63, 3.8) is 0 Å². The summed E-state index contributed by atoms with van der Waals surface area (Å²) in [6.45, 7) is 2.97. The lowest BCUT2D eigenvalue weighted by molar-refractivity contribution is 0.395. The van der Waals surface area contributed by atoms with Gasteiger partial charge in [-0.05, 0) is 48.2 Å². The molecule has 0 fully saturated rings. The van der Waals surface area contributed by atoms with Crippen LogP contribution in [0.1, 0.15) is 16.7 Å². The minimum Gasteiger partial charge on any atom is -0.361 e. The van der Waals surface area contributed by atoms with Crippen LogP contribution in [0.15, 0.2) is 48.8 Å². The maximum atomic E-state index is 11.9. The summed E-state index contributed by atoms with van der Waals surface area (Å²) in [5, 5.41) is 3.53. The number of nitrogens with one attached hydrogen (secondary N) is 1. The molecule has 2 aromatic carbocycles. The molecule has 0 amide bonds. The van der Waals surface area contributed by atoms with Crippen molar-refractivity contribution in [2.75, 3.05) is 37.1 Å². The van der Waals surface area contributed by atoms with Gasteiger partial charge in [0.2, 0.25) is 10.0 Å². The van der Waals surface area contributed by atoms with Gasteiger partial charge in [0.1, 0.15) is 5.82 Å². The molecule has 1 N–H and O–H groups in total. The Hall–Kier alpha value is -2.97. The van der Waals surface area contributed by atoms with Crippen molar-refractivity contribution in [2.45, 2.75) is 19.9 Å². The van der Waals surface area contributed by atoms with Gasteiger partial charge in [-0.1, -0.05) is 18.2 Å². The second kappa shape index (κ2) is 8.28. The molecule has 31 heavy (non-hydrogen) atoms. The largest absolute Gasteiger partial charge is 0.361 e. The van der Waals surface area contributed by atoms with Gasteiger partial charge in [0.25, 0.3) is 0 Å². The molecule has 1 aromatic heterocycles. The highest BCUT2D eigenvalue weighted by Crippen LogP contribution is 2.31. The Kier molecular flexibility index (Phi) is 5.68. The van der Waals surface area contributed by atoms with Crippen LogP contribution in [0.25, 0.3) is 11.3 Å². The highest BCUT2D eigenvalue weighted by atomic mass is 32.2. The summed E-state index contributed by atoms with van der Waals surface area (Å²) in [7, 11) is 0.686. The van der Waals surface area contributed by atoms with E-state index in [1.165, 1.54) is 16.1 Å². The van der Waals surface area contributed by atoms with E-state index in [0.29, 0.717) is 19.5 Å². The van der Waals surface area contributed by atoms with E-state index in [-0.39, 0.29) is 0 Å². The molecule has 1 aliphatic heterocycles. The third-order valence-corrected chi connectivity index (χ3v) is 6.84. The molecule has 4 rings (SSSR count). The van der Waals surface area contributed by atoms with Gasteiger partial charge in [0.15, 0.2) is 0 Å². The summed E-state index contributed by atoms with van der Waals surface area (Å²) < 4.78 is 25.4. The van der Waals surface area contributed by atoms with Crippen LogP contribution in [-0.4, -0.2) is 49.6 Å². The molecule has 0 bridgehead atoms. The topological polar surface area (TPSA) is 78.4 Å². The van der Waals surface area contributed by atoms with Crippen molar-refractivity contribution >= 4 is 27.2 Å². The third kappa shape index (κ3) is 4.55. The standard InChI is InChI=1S/C23H27N5O2S/c1-16-8-9-18(12-20(16)22-13-25-23(14-24-22)27(2)3)26-21-7-5-6-17-15-28(31(4,29)30)11-10-19(17)21/h5-9,12-14,26H,10-11,15H2,1-4H3. The van der Waals surface area contributed by atoms with Crippen LogP contribution in [0.5, 0.6) is 0 Å². The minimum absolute atomic E-state index is 0.413. The van der Waals surface area contributed by atoms with E-state index in [1.54, 1.807) is 12.4 Å². The second-order valence-electron chi connectivity index (χ2n) is 8.10. The summed E-state index contributed by atoms with van der Waals surface area (Å²) in [5.74, 6) is 0.815. The van der Waals surface area contributed by atoms with Crippen molar-refractivity contribution in [1.82, 2.24) is 14.3 Å². The van der Waals surface area contributed by atoms with Crippen molar-refractivity contribution < 1.29 is 8.42 Å². The molecule has 0 saturated carbocycles. The number of sulfonamides is 1. The van der Waals surface area contributed by atoms with Gasteiger partial charge >= 0.3 is 0 Å². The predicted octanol–water partition coefficient (Wildman–Crippen LogP) is 3.58. The van der Waals surface area contributed by atoms with Crippen LogP contribution < -0.4 is 10.2 Å². The molecule has 3 aromatic rings. The molecule has 0 spiro atoms. The van der Waals surface area contributed by atoms with E-state index < -0.39 is 10.0 Å². The quantitative estimate of drug-likeness (QED) is 0.657. The number of aryl methyl sites for hydroxylation is 1. The van der Waals surface area contributed by atoms with E-state index >= 15 is 0 Å². The van der Waals surface area contributed by atoms with Crippen LogP contribution in [-0.2, 0) is 23.0 Å². The summed E-state index contributed by atoms with van der Waals surface area (Å²) >= 11 is 0. The van der Waals surface area contributed by atoms with Gasteiger partial charge in [-0.2, -0.15) is 4.31 Å². The van der Waals surface area contributed by atoms with Crippen LogP contribution in [0.4, 0.5) is 17.2 Å². The number of benzene rings is 2. The van der Waals surface area contributed by atoms with E-state index in [4.69, 9.17) is 0 Å². The first-order valence-corrected chi connectivity index (χ1v) is 12.0. The van der Waals surface area contributed by atoms with Crippen LogP contribution in [0.3, 0.4) is 0 Å². The van der Waals surface area contributed by atoms with Crippen LogP contribution >= 0.6 is 0 Å². The van der Waals surface area contributed by atoms with Crippen molar-refractivity contribution in [3.8, 4) is 11.3 Å². The molecule has 0 aliphatic carbocycles. The number of aromatic nitrogens is 2. The maximum Gasteiger partial charge on any atom is 0.211 e. The van der Waals surface area contributed by atoms with Gasteiger partial charge < -0.3 is 10.2 Å². The van der Waals surface area contributed by atoms with Gasteiger partial charge in [-0.25, -0.2) is 13.4 Å². The van der Waals surface area contributed by atoms with E-state index in [1.807, 2.05) is 43.3 Å². The smallest absolute Gasteiger partial charge is 0.211 e. The Morgan fingerprint density at radius 1 is 1.10 bits per heavy atom. The van der Waals surface area contributed by atoms with Gasteiger partial charge in [-0.3, -0.25) is 4.98 Å². The number of anilines is 3. The average Bonchev–Trinajstić information content (AvgIpc) is 2.74. The molecule has 162 valence electrons. The molecule has 0 atom stereocenters. The zero-order valence-electron chi connectivity index (χ0n) is 18.3. The molecule has 8 heteroatoms. The lowest BCUT2D eigenvalue weighted by atomic mass is 9.98. The lowest BCUT2D eigenvalue weighted by Crippen LogP contribution is -2.35. The maximum absolute atomic E-state index is 11.9. The monoisotopic (exact) mass is 437 g/mol. The fourth-order valence-corrected chi connectivity index (χ4v) is 4.60. The molecule has 0 unspecified atom stereocenters. The zero-order valence-corrected chi connectivity index (χ0v) is 19.1. The molecule has 2 heterocycles. The zero-order chi connectivity index (χ0) is 22.2. The number of nitrogens with zero attached hydrogens (tertiary/aromatic N) is 4. The Balaban J connectivity index is 1.62. The van der Waals surface area contributed by atoms with Crippen molar-refractivity contribution in [3.05, 3.63) is 65.5 Å². The number of fused-ring (bicyclic) bond motifs is 1. The van der Waals surface area contributed by atoms with Crippen LogP contribution in [0.2, 0.25) is 0 Å². The SMILES string of the molecule is Cc1ccc(Nc2cccc3c2CCN(S(C)(=O)=O)C3)cc1-c1cnc(N(C)C)cn1. The summed E-state index contributed by atoms with van der Waals surface area (Å²) in [4.78, 5) is 11.0. The normalized spacial score (nSPS) is 14.2. The first-order valence-electron chi connectivity index (χ1n) is 10.2. The van der Waals surface area contributed by atoms with Gasteiger partial charge in [0, 0.05) is 44.1 Å². The second-order valence-corrected chi connectivity index (χ2v) is 10.1. The molecular formula is C23H27N5O2S. The Labute approximate surface area is 183 Å². The van der Waals surface area contributed by atoms with Gasteiger partial charge in [0.05, 0.1) is 24.3 Å². The number of hydrogen-bond donors (Lipinski definition) is 1. The Bertz CT molecular complexity index is 1210. The highest BCUT2D eigenvalue weighted by Gasteiger charge is 2.24. The number of hydrogen-bond acceptors (Lipinski definition) is 6. The first-order chi connectivity index (χ1) is 14.7. The number of rotatable bonds is 5.